The molecule has 0 atom stereocenters. The number of benzene rings is 2. The monoisotopic (exact) mass is 300 g/mol. The maximum atomic E-state index is 12.2. The van der Waals surface area contributed by atoms with E-state index >= 15 is 0 Å². The molecule has 22 heavy (non-hydrogen) atoms. The van der Waals surface area contributed by atoms with Crippen LogP contribution in [0.1, 0.15) is 13.8 Å². The molecule has 0 unspecified atom stereocenters. The minimum Gasteiger partial charge on any atom is -0.495 e. The maximum Gasteiger partial charge on any atom is 0.323 e. The summed E-state index contributed by atoms with van der Waals surface area (Å²) in [6, 6.07) is 14.2. The Bertz CT molecular complexity index is 641. The summed E-state index contributed by atoms with van der Waals surface area (Å²) >= 11 is 0. The number of hydrogen-bond donors (Lipinski definition) is 2. The van der Waals surface area contributed by atoms with Gasteiger partial charge in [0, 0.05) is 0 Å². The summed E-state index contributed by atoms with van der Waals surface area (Å²) in [6.45, 7) is 3.87. The summed E-state index contributed by atoms with van der Waals surface area (Å²) in [4.78, 5) is 12.2. The maximum absolute atomic E-state index is 12.2. The number of carbonyl (C=O) groups is 1. The van der Waals surface area contributed by atoms with E-state index < -0.39 is 0 Å². The molecular formula is C17H20N2O3. The Kier molecular flexibility index (Phi) is 5.25. The summed E-state index contributed by atoms with van der Waals surface area (Å²) in [5.74, 6) is 1.23. The topological polar surface area (TPSA) is 59.6 Å². The lowest BCUT2D eigenvalue weighted by Crippen LogP contribution is -2.20. The average molecular weight is 300 g/mol. The van der Waals surface area contributed by atoms with Crippen molar-refractivity contribution in [3.63, 3.8) is 0 Å². The van der Waals surface area contributed by atoms with E-state index in [0.29, 0.717) is 22.9 Å². The van der Waals surface area contributed by atoms with E-state index in [-0.39, 0.29) is 12.1 Å². The Hall–Kier alpha value is -2.69. The van der Waals surface area contributed by atoms with Crippen LogP contribution in [0.5, 0.6) is 11.5 Å². The Balaban J connectivity index is 2.09. The molecule has 0 fully saturated rings. The van der Waals surface area contributed by atoms with Crippen LogP contribution in [0.3, 0.4) is 0 Å². The van der Waals surface area contributed by atoms with E-state index in [9.17, 15) is 4.79 Å². The van der Waals surface area contributed by atoms with Crippen molar-refractivity contribution in [2.75, 3.05) is 17.7 Å². The second-order valence-electron chi connectivity index (χ2n) is 4.94. The van der Waals surface area contributed by atoms with Crippen LogP contribution in [0.2, 0.25) is 0 Å². The molecule has 116 valence electrons. The normalized spacial score (nSPS) is 10.2. The molecule has 5 nitrogen and oxygen atoms in total. The van der Waals surface area contributed by atoms with Crippen LogP contribution in [0.4, 0.5) is 16.2 Å². The average Bonchev–Trinajstić information content (AvgIpc) is 2.49. The summed E-state index contributed by atoms with van der Waals surface area (Å²) in [6.07, 6.45) is 0.0280. The zero-order chi connectivity index (χ0) is 15.9. The van der Waals surface area contributed by atoms with Crippen molar-refractivity contribution in [3.8, 4) is 11.5 Å². The fraction of sp³-hybridized carbons (Fsp3) is 0.235. The molecule has 0 spiro atoms. The van der Waals surface area contributed by atoms with Crippen molar-refractivity contribution >= 4 is 17.4 Å². The Labute approximate surface area is 130 Å². The molecule has 0 radical (unpaired) electrons. The van der Waals surface area contributed by atoms with Gasteiger partial charge in [0.2, 0.25) is 0 Å². The Morgan fingerprint density at radius 2 is 1.41 bits per heavy atom. The largest absolute Gasteiger partial charge is 0.495 e. The zero-order valence-electron chi connectivity index (χ0n) is 12.9. The lowest BCUT2D eigenvalue weighted by Gasteiger charge is -2.15. The molecule has 2 aromatic rings. The molecule has 0 aliphatic carbocycles. The number of amides is 2. The van der Waals surface area contributed by atoms with E-state index in [1.54, 1.807) is 25.3 Å². The fourth-order valence-corrected chi connectivity index (χ4v) is 1.95. The first-order valence-corrected chi connectivity index (χ1v) is 7.07. The van der Waals surface area contributed by atoms with Gasteiger partial charge in [-0.1, -0.05) is 24.3 Å². The minimum atomic E-state index is -0.357. The second-order valence-corrected chi connectivity index (χ2v) is 4.94. The van der Waals surface area contributed by atoms with Crippen LogP contribution in [0.25, 0.3) is 0 Å². The van der Waals surface area contributed by atoms with Gasteiger partial charge in [-0.25, -0.2) is 4.79 Å². The molecule has 0 aliphatic rings. The van der Waals surface area contributed by atoms with Crippen molar-refractivity contribution in [1.29, 1.82) is 0 Å². The molecule has 2 aromatic carbocycles. The first-order chi connectivity index (χ1) is 10.6. The van der Waals surface area contributed by atoms with E-state index in [1.807, 2.05) is 44.2 Å². The SMILES string of the molecule is COc1ccccc1NC(=O)Nc1ccccc1OC(C)C. The van der Waals surface area contributed by atoms with Gasteiger partial charge in [0.1, 0.15) is 11.5 Å². The predicted octanol–water partition coefficient (Wildman–Crippen LogP) is 4.13. The van der Waals surface area contributed by atoms with Gasteiger partial charge < -0.3 is 20.1 Å². The fourth-order valence-electron chi connectivity index (χ4n) is 1.95. The van der Waals surface area contributed by atoms with Gasteiger partial charge in [0.25, 0.3) is 0 Å². The van der Waals surface area contributed by atoms with Gasteiger partial charge in [-0.2, -0.15) is 0 Å². The van der Waals surface area contributed by atoms with Crippen LogP contribution in [0, 0.1) is 0 Å². The first-order valence-electron chi connectivity index (χ1n) is 7.07. The molecule has 2 amide bonds. The molecule has 0 aliphatic heterocycles. The van der Waals surface area contributed by atoms with Crippen LogP contribution >= 0.6 is 0 Å². The van der Waals surface area contributed by atoms with E-state index in [4.69, 9.17) is 9.47 Å². The van der Waals surface area contributed by atoms with Crippen LogP contribution in [0.15, 0.2) is 48.5 Å². The number of nitrogens with one attached hydrogen (secondary N) is 2. The highest BCUT2D eigenvalue weighted by molar-refractivity contribution is 6.01. The lowest BCUT2D eigenvalue weighted by atomic mass is 10.3. The van der Waals surface area contributed by atoms with Crippen LogP contribution < -0.4 is 20.1 Å². The number of hydrogen-bond acceptors (Lipinski definition) is 3. The number of carbonyl (C=O) groups excluding carboxylic acids is 1. The number of ether oxygens (including phenoxy) is 2. The van der Waals surface area contributed by atoms with Crippen molar-refractivity contribution in [2.45, 2.75) is 20.0 Å². The summed E-state index contributed by atoms with van der Waals surface area (Å²) in [5.41, 5.74) is 1.22. The van der Waals surface area contributed by atoms with Gasteiger partial charge in [0.05, 0.1) is 24.6 Å². The molecule has 2 rings (SSSR count). The van der Waals surface area contributed by atoms with Crippen LogP contribution in [-0.2, 0) is 0 Å². The summed E-state index contributed by atoms with van der Waals surface area (Å²) in [5, 5.41) is 5.54. The number of rotatable bonds is 5. The molecule has 0 heterocycles. The summed E-state index contributed by atoms with van der Waals surface area (Å²) in [7, 11) is 1.56. The first kappa shape index (κ1) is 15.7. The molecule has 0 bridgehead atoms. The van der Waals surface area contributed by atoms with E-state index in [1.165, 1.54) is 0 Å². The molecule has 5 heteroatoms. The Morgan fingerprint density at radius 3 is 1.95 bits per heavy atom. The van der Waals surface area contributed by atoms with Gasteiger partial charge >= 0.3 is 6.03 Å². The zero-order valence-corrected chi connectivity index (χ0v) is 12.9. The van der Waals surface area contributed by atoms with Gasteiger partial charge in [-0.3, -0.25) is 0 Å². The minimum absolute atomic E-state index is 0.0280. The smallest absolute Gasteiger partial charge is 0.323 e. The summed E-state index contributed by atoms with van der Waals surface area (Å²) < 4.78 is 10.9. The van der Waals surface area contributed by atoms with Gasteiger partial charge in [-0.05, 0) is 38.1 Å². The van der Waals surface area contributed by atoms with Crippen LogP contribution in [-0.4, -0.2) is 19.2 Å². The quantitative estimate of drug-likeness (QED) is 0.873. The third kappa shape index (κ3) is 4.15. The molecular weight excluding hydrogens is 280 g/mol. The highest BCUT2D eigenvalue weighted by atomic mass is 16.5. The highest BCUT2D eigenvalue weighted by Crippen LogP contribution is 2.26. The van der Waals surface area contributed by atoms with Gasteiger partial charge in [0.15, 0.2) is 0 Å². The van der Waals surface area contributed by atoms with E-state index in [2.05, 4.69) is 10.6 Å². The number of para-hydroxylation sites is 4. The van der Waals surface area contributed by atoms with Crippen molar-refractivity contribution < 1.29 is 14.3 Å². The van der Waals surface area contributed by atoms with Crippen molar-refractivity contribution in [2.24, 2.45) is 0 Å². The standard InChI is InChI=1S/C17H20N2O3/c1-12(2)22-16-11-7-5-9-14(16)19-17(20)18-13-8-4-6-10-15(13)21-3/h4-12H,1-3H3,(H2,18,19,20). The third-order valence-corrected chi connectivity index (χ3v) is 2.85. The van der Waals surface area contributed by atoms with E-state index in [0.717, 1.165) is 0 Å². The number of methoxy groups -OCH3 is 1. The second kappa shape index (κ2) is 7.36. The third-order valence-electron chi connectivity index (χ3n) is 2.85. The highest BCUT2D eigenvalue weighted by Gasteiger charge is 2.10. The number of anilines is 2. The molecule has 0 saturated carbocycles. The molecule has 0 aromatic heterocycles. The Morgan fingerprint density at radius 1 is 0.909 bits per heavy atom. The van der Waals surface area contributed by atoms with Crippen molar-refractivity contribution in [1.82, 2.24) is 0 Å². The molecule has 0 saturated heterocycles. The number of urea groups is 1. The predicted molar refractivity (Wildman–Crippen MR) is 87.8 cm³/mol. The molecule has 2 N–H and O–H groups in total. The van der Waals surface area contributed by atoms with Gasteiger partial charge in [-0.15, -0.1) is 0 Å². The lowest BCUT2D eigenvalue weighted by molar-refractivity contribution is 0.243. The van der Waals surface area contributed by atoms with Crippen molar-refractivity contribution in [3.05, 3.63) is 48.5 Å².